The van der Waals surface area contributed by atoms with Gasteiger partial charge in [0.25, 0.3) is 0 Å². The standard InChI is InChI=1S/C15H12ClN5O/c16-13-7-14(17)20-15(19-13)21-18-8-11-10-4-2-1-3-9(10)5-6-12(11)22/h1-8,22H,(H3,17,19,20,21)/b18-8+. The summed E-state index contributed by atoms with van der Waals surface area (Å²) in [5.41, 5.74) is 8.81. The maximum absolute atomic E-state index is 10.0. The summed E-state index contributed by atoms with van der Waals surface area (Å²) in [6.07, 6.45) is 1.50. The number of benzene rings is 2. The lowest BCUT2D eigenvalue weighted by molar-refractivity contribution is 0.475. The highest BCUT2D eigenvalue weighted by Crippen LogP contribution is 2.25. The SMILES string of the molecule is Nc1cc(Cl)nc(N/N=C/c2c(O)ccc3ccccc23)n1. The second kappa shape index (κ2) is 5.87. The topological polar surface area (TPSA) is 96.4 Å². The Morgan fingerprint density at radius 1 is 1.18 bits per heavy atom. The first kappa shape index (κ1) is 14.1. The first-order valence-electron chi connectivity index (χ1n) is 6.43. The number of halogens is 1. The van der Waals surface area contributed by atoms with Gasteiger partial charge in [-0.15, -0.1) is 0 Å². The summed E-state index contributed by atoms with van der Waals surface area (Å²) >= 11 is 5.79. The van der Waals surface area contributed by atoms with Crippen LogP contribution in [0.5, 0.6) is 5.75 Å². The Bertz CT molecular complexity index is 845. The average Bonchev–Trinajstić information content (AvgIpc) is 2.48. The molecule has 3 aromatic rings. The number of hydrazone groups is 1. The number of nitrogens with one attached hydrogen (secondary N) is 1. The van der Waals surface area contributed by atoms with Crippen LogP contribution < -0.4 is 11.2 Å². The van der Waals surface area contributed by atoms with Gasteiger partial charge in [0.1, 0.15) is 16.7 Å². The molecule has 0 atom stereocenters. The smallest absolute Gasteiger partial charge is 0.246 e. The van der Waals surface area contributed by atoms with Gasteiger partial charge in [0.2, 0.25) is 5.95 Å². The molecule has 22 heavy (non-hydrogen) atoms. The first-order valence-corrected chi connectivity index (χ1v) is 6.81. The Hall–Kier alpha value is -2.86. The molecule has 0 spiro atoms. The Morgan fingerprint density at radius 2 is 2.00 bits per heavy atom. The van der Waals surface area contributed by atoms with Crippen molar-refractivity contribution < 1.29 is 5.11 Å². The van der Waals surface area contributed by atoms with E-state index in [4.69, 9.17) is 17.3 Å². The van der Waals surface area contributed by atoms with Gasteiger partial charge in [0.05, 0.1) is 6.21 Å². The number of aromatic hydroxyl groups is 1. The fourth-order valence-electron chi connectivity index (χ4n) is 2.06. The molecule has 110 valence electrons. The van der Waals surface area contributed by atoms with E-state index in [0.717, 1.165) is 10.8 Å². The van der Waals surface area contributed by atoms with Crippen LogP contribution in [0.4, 0.5) is 11.8 Å². The van der Waals surface area contributed by atoms with E-state index in [1.807, 2.05) is 30.3 Å². The molecule has 0 saturated heterocycles. The van der Waals surface area contributed by atoms with Crippen LogP contribution in [0.25, 0.3) is 10.8 Å². The molecule has 0 unspecified atom stereocenters. The van der Waals surface area contributed by atoms with Gasteiger partial charge in [0, 0.05) is 11.6 Å². The number of aromatic nitrogens is 2. The lowest BCUT2D eigenvalue weighted by atomic mass is 10.0. The van der Waals surface area contributed by atoms with Gasteiger partial charge >= 0.3 is 0 Å². The predicted octanol–water partition coefficient (Wildman–Crippen LogP) is 3.02. The zero-order valence-corrected chi connectivity index (χ0v) is 12.1. The Labute approximate surface area is 131 Å². The van der Waals surface area contributed by atoms with Crippen LogP contribution in [0.1, 0.15) is 5.56 Å². The van der Waals surface area contributed by atoms with E-state index in [1.165, 1.54) is 12.3 Å². The van der Waals surface area contributed by atoms with Gasteiger partial charge in [-0.25, -0.2) is 5.43 Å². The summed E-state index contributed by atoms with van der Waals surface area (Å²) in [5.74, 6) is 0.558. The first-order chi connectivity index (χ1) is 10.6. The van der Waals surface area contributed by atoms with Crippen LogP contribution in [0.3, 0.4) is 0 Å². The van der Waals surface area contributed by atoms with Crippen molar-refractivity contribution in [3.8, 4) is 5.75 Å². The lowest BCUT2D eigenvalue weighted by Crippen LogP contribution is -2.00. The zero-order valence-electron chi connectivity index (χ0n) is 11.4. The highest BCUT2D eigenvalue weighted by molar-refractivity contribution is 6.29. The maximum atomic E-state index is 10.0. The largest absolute Gasteiger partial charge is 0.507 e. The number of hydrogen-bond donors (Lipinski definition) is 3. The molecule has 0 aliphatic heterocycles. The van der Waals surface area contributed by atoms with Gasteiger partial charge in [-0.2, -0.15) is 15.1 Å². The van der Waals surface area contributed by atoms with Gasteiger partial charge in [-0.1, -0.05) is 41.9 Å². The van der Waals surface area contributed by atoms with Crippen molar-refractivity contribution in [3.63, 3.8) is 0 Å². The van der Waals surface area contributed by atoms with E-state index in [9.17, 15) is 5.11 Å². The summed E-state index contributed by atoms with van der Waals surface area (Å²) in [6.45, 7) is 0. The summed E-state index contributed by atoms with van der Waals surface area (Å²) in [4.78, 5) is 7.88. The fraction of sp³-hybridized carbons (Fsp3) is 0. The Balaban J connectivity index is 1.91. The molecule has 0 aliphatic rings. The molecular weight excluding hydrogens is 302 g/mol. The second-order valence-corrected chi connectivity index (χ2v) is 4.92. The lowest BCUT2D eigenvalue weighted by Gasteiger charge is -2.05. The van der Waals surface area contributed by atoms with E-state index < -0.39 is 0 Å². The highest BCUT2D eigenvalue weighted by Gasteiger charge is 2.04. The van der Waals surface area contributed by atoms with Gasteiger partial charge in [0.15, 0.2) is 0 Å². The molecule has 1 heterocycles. The summed E-state index contributed by atoms with van der Waals surface area (Å²) in [5, 5.41) is 16.1. The predicted molar refractivity (Wildman–Crippen MR) is 88.3 cm³/mol. The molecule has 0 saturated carbocycles. The summed E-state index contributed by atoms with van der Waals surface area (Å²) < 4.78 is 0. The summed E-state index contributed by atoms with van der Waals surface area (Å²) in [6, 6.07) is 12.6. The molecule has 2 aromatic carbocycles. The van der Waals surface area contributed by atoms with E-state index >= 15 is 0 Å². The highest BCUT2D eigenvalue weighted by atomic mass is 35.5. The molecule has 6 nitrogen and oxygen atoms in total. The minimum Gasteiger partial charge on any atom is -0.507 e. The fourth-order valence-corrected chi connectivity index (χ4v) is 2.25. The molecule has 0 bridgehead atoms. The molecule has 0 radical (unpaired) electrons. The third-order valence-electron chi connectivity index (χ3n) is 3.02. The quantitative estimate of drug-likeness (QED) is 0.392. The third-order valence-corrected chi connectivity index (χ3v) is 3.21. The molecular formula is C15H12ClN5O. The zero-order chi connectivity index (χ0) is 15.5. The van der Waals surface area contributed by atoms with E-state index in [-0.39, 0.29) is 22.7 Å². The number of rotatable bonds is 3. The molecule has 0 fully saturated rings. The maximum Gasteiger partial charge on any atom is 0.246 e. The second-order valence-electron chi connectivity index (χ2n) is 4.53. The van der Waals surface area contributed by atoms with Crippen LogP contribution in [-0.4, -0.2) is 21.3 Å². The van der Waals surface area contributed by atoms with Gasteiger partial charge < -0.3 is 10.8 Å². The van der Waals surface area contributed by atoms with Crippen LogP contribution in [0.2, 0.25) is 5.15 Å². The minimum atomic E-state index is 0.135. The monoisotopic (exact) mass is 313 g/mol. The molecule has 0 aliphatic carbocycles. The van der Waals surface area contributed by atoms with Crippen molar-refractivity contribution in [2.75, 3.05) is 11.2 Å². The normalized spacial score (nSPS) is 11.1. The van der Waals surface area contributed by atoms with Crippen LogP contribution in [0, 0.1) is 0 Å². The van der Waals surface area contributed by atoms with Gasteiger partial charge in [-0.05, 0) is 16.8 Å². The van der Waals surface area contributed by atoms with Crippen molar-refractivity contribution in [2.45, 2.75) is 0 Å². The summed E-state index contributed by atoms with van der Waals surface area (Å²) in [7, 11) is 0. The van der Waals surface area contributed by atoms with Crippen molar-refractivity contribution in [1.29, 1.82) is 0 Å². The van der Waals surface area contributed by atoms with Crippen molar-refractivity contribution in [1.82, 2.24) is 9.97 Å². The van der Waals surface area contributed by atoms with E-state index in [1.54, 1.807) is 6.07 Å². The average molecular weight is 314 g/mol. The number of fused-ring (bicyclic) bond motifs is 1. The van der Waals surface area contributed by atoms with Crippen LogP contribution in [-0.2, 0) is 0 Å². The molecule has 1 aromatic heterocycles. The van der Waals surface area contributed by atoms with E-state index in [2.05, 4.69) is 20.5 Å². The third kappa shape index (κ3) is 2.91. The number of phenolic OH excluding ortho intramolecular Hbond substituents is 1. The van der Waals surface area contributed by atoms with Crippen molar-refractivity contribution in [2.24, 2.45) is 5.10 Å². The Kier molecular flexibility index (Phi) is 3.76. The number of nitrogen functional groups attached to an aromatic ring is 1. The van der Waals surface area contributed by atoms with Gasteiger partial charge in [-0.3, -0.25) is 0 Å². The van der Waals surface area contributed by atoms with Crippen molar-refractivity contribution >= 4 is 40.4 Å². The number of nitrogens with two attached hydrogens (primary N) is 1. The van der Waals surface area contributed by atoms with Crippen molar-refractivity contribution in [3.05, 3.63) is 53.2 Å². The van der Waals surface area contributed by atoms with E-state index in [0.29, 0.717) is 5.56 Å². The molecule has 3 rings (SSSR count). The number of phenols is 1. The number of anilines is 2. The Morgan fingerprint density at radius 3 is 2.82 bits per heavy atom. The molecule has 4 N–H and O–H groups in total. The molecule has 0 amide bonds. The van der Waals surface area contributed by atoms with Crippen LogP contribution in [0.15, 0.2) is 47.6 Å². The number of hydrogen-bond acceptors (Lipinski definition) is 6. The number of nitrogens with zero attached hydrogens (tertiary/aromatic N) is 3. The van der Waals surface area contributed by atoms with Crippen LogP contribution >= 0.6 is 11.6 Å². The minimum absolute atomic E-state index is 0.135. The molecule has 7 heteroatoms.